The predicted molar refractivity (Wildman–Crippen MR) is 463 cm³/mol. The zero-order chi connectivity index (χ0) is 80.8. The van der Waals surface area contributed by atoms with Crippen molar-refractivity contribution in [1.29, 1.82) is 0 Å². The summed E-state index contributed by atoms with van der Waals surface area (Å²) >= 11 is 0. The summed E-state index contributed by atoms with van der Waals surface area (Å²) in [6.07, 6.45) is 109. The van der Waals surface area contributed by atoms with E-state index in [1.807, 2.05) is 0 Å². The van der Waals surface area contributed by atoms with Crippen molar-refractivity contribution in [3.63, 3.8) is 0 Å². The van der Waals surface area contributed by atoms with E-state index in [4.69, 9.17) is 32.3 Å². The smallest absolute Gasteiger partial charge is 0.463 e. The fourth-order valence-electron chi connectivity index (χ4n) is 11.1. The zero-order valence-corrected chi connectivity index (χ0v) is 71.1. The molecule has 0 aromatic rings. The van der Waals surface area contributed by atoms with Gasteiger partial charge in [-0.25, -0.2) is 9.13 Å². The highest BCUT2D eigenvalue weighted by molar-refractivity contribution is 7.47. The molecule has 0 saturated heterocycles. The Kier molecular flexibility index (Phi) is 80.0. The lowest BCUT2D eigenvalue weighted by molar-refractivity contribution is -0.161. The Morgan fingerprint density at radius 3 is 0.775 bits per heavy atom. The number of esters is 3. The number of hydrogen-bond donors (Lipinski definition) is 4. The Bertz CT molecular complexity index is 2750. The van der Waals surface area contributed by atoms with E-state index in [0.29, 0.717) is 25.7 Å². The number of aliphatic hydroxyl groups excluding tert-OH is 2. The molecule has 0 fully saturated rings. The lowest BCUT2D eigenvalue weighted by Crippen LogP contribution is -2.30. The molecule has 0 rings (SSSR count). The minimum absolute atomic E-state index is 0.0399. The number of allylic oxidation sites excluding steroid dienone is 30. The topological polar surface area (TPSA) is 231 Å². The van der Waals surface area contributed by atoms with Crippen LogP contribution >= 0.6 is 15.6 Å². The van der Waals surface area contributed by atoms with Crippen molar-refractivity contribution in [2.75, 3.05) is 39.6 Å². The van der Waals surface area contributed by atoms with E-state index in [-0.39, 0.29) is 19.3 Å². The fraction of sp³-hybridized carbons (Fsp3) is 0.645. The van der Waals surface area contributed by atoms with Crippen LogP contribution in [0.2, 0.25) is 0 Å². The summed E-state index contributed by atoms with van der Waals surface area (Å²) in [5.74, 6) is -1.64. The lowest BCUT2D eigenvalue weighted by atomic mass is 10.0. The monoisotopic (exact) mass is 1590 g/mol. The van der Waals surface area contributed by atoms with Crippen LogP contribution in [0, 0.1) is 0 Å². The highest BCUT2D eigenvalue weighted by atomic mass is 31.2. The summed E-state index contributed by atoms with van der Waals surface area (Å²) < 4.78 is 61.3. The maximum Gasteiger partial charge on any atom is 0.472 e. The van der Waals surface area contributed by atoms with E-state index in [1.54, 1.807) is 0 Å². The van der Waals surface area contributed by atoms with Gasteiger partial charge in [0.05, 0.1) is 26.4 Å². The number of ether oxygens (including phenoxy) is 3. The Balaban J connectivity index is 4.64. The van der Waals surface area contributed by atoms with E-state index in [0.717, 1.165) is 161 Å². The van der Waals surface area contributed by atoms with Crippen molar-refractivity contribution in [3.05, 3.63) is 182 Å². The molecule has 0 amide bonds. The molecular weight excluding hydrogens is 1430 g/mol. The first-order chi connectivity index (χ1) is 54.2. The molecule has 0 saturated carbocycles. The highest BCUT2D eigenvalue weighted by Gasteiger charge is 2.29. The van der Waals surface area contributed by atoms with Crippen LogP contribution in [0.5, 0.6) is 0 Å². The predicted octanol–water partition coefficient (Wildman–Crippen LogP) is 26.1. The van der Waals surface area contributed by atoms with Gasteiger partial charge in [0.25, 0.3) is 0 Å². The Labute approximate surface area is 675 Å². The van der Waals surface area contributed by atoms with Gasteiger partial charge >= 0.3 is 33.6 Å². The van der Waals surface area contributed by atoms with Gasteiger partial charge in [0.15, 0.2) is 6.10 Å². The van der Waals surface area contributed by atoms with Crippen LogP contribution in [-0.4, -0.2) is 95.9 Å². The molecule has 0 aromatic heterocycles. The van der Waals surface area contributed by atoms with Crippen LogP contribution in [0.25, 0.3) is 0 Å². The molecule has 111 heavy (non-hydrogen) atoms. The van der Waals surface area contributed by atoms with E-state index >= 15 is 0 Å². The molecule has 0 bridgehead atoms. The largest absolute Gasteiger partial charge is 0.472 e. The number of aliphatic hydroxyl groups is 2. The molecular formula is C93H154O16P2. The van der Waals surface area contributed by atoms with Gasteiger partial charge in [0.2, 0.25) is 0 Å². The van der Waals surface area contributed by atoms with Crippen LogP contribution in [-0.2, 0) is 55.8 Å². The first-order valence-electron chi connectivity index (χ1n) is 43.1. The Morgan fingerprint density at radius 1 is 0.261 bits per heavy atom. The lowest BCUT2D eigenvalue weighted by Gasteiger charge is -2.21. The second kappa shape index (κ2) is 84.1. The van der Waals surface area contributed by atoms with Crippen LogP contribution in [0.3, 0.4) is 0 Å². The molecule has 0 aliphatic rings. The fourth-order valence-corrected chi connectivity index (χ4v) is 12.7. The van der Waals surface area contributed by atoms with Crippen LogP contribution in [0.1, 0.15) is 329 Å². The second-order valence-corrected chi connectivity index (χ2v) is 31.1. The quantitative estimate of drug-likeness (QED) is 0.0146. The zero-order valence-electron chi connectivity index (χ0n) is 69.3. The Morgan fingerprint density at radius 2 is 0.477 bits per heavy atom. The highest BCUT2D eigenvalue weighted by Crippen LogP contribution is 2.45. The molecule has 0 aliphatic heterocycles. The molecule has 4 N–H and O–H groups in total. The summed E-state index contributed by atoms with van der Waals surface area (Å²) in [5, 5.41) is 20.7. The molecule has 18 heteroatoms. The SMILES string of the molecule is CC/C=C\C/C=C\C/C=C\C/C=C\C/C=C\C/C=C\CCCCC(=O)OC(COC(=O)CCCCCCCCC/C=C\C/C=C\C/C=C\C/C=C\C/C=C\CC)COP(=O)(O)OCC(O)COP(=O)(O)OCC(O)COC(=O)CCCCCCCCCCCCCCCCC/C=C\C/C=C\C/C=C\C/C=C\CCCCC. The summed E-state index contributed by atoms with van der Waals surface area (Å²) in [4.78, 5) is 58.8. The summed E-state index contributed by atoms with van der Waals surface area (Å²) in [5.41, 5.74) is 0. The summed E-state index contributed by atoms with van der Waals surface area (Å²) in [6, 6.07) is 0. The molecule has 0 heterocycles. The number of unbranched alkanes of at least 4 members (excludes halogenated alkanes) is 27. The third kappa shape index (κ3) is 85.4. The molecule has 5 atom stereocenters. The van der Waals surface area contributed by atoms with E-state index in [1.165, 1.54) is 103 Å². The number of carbonyl (C=O) groups excluding carboxylic acids is 3. The van der Waals surface area contributed by atoms with E-state index in [9.17, 15) is 43.5 Å². The number of carbonyl (C=O) groups is 3. The first-order valence-corrected chi connectivity index (χ1v) is 46.1. The van der Waals surface area contributed by atoms with Crippen molar-refractivity contribution in [2.45, 2.75) is 347 Å². The van der Waals surface area contributed by atoms with Gasteiger partial charge in [0, 0.05) is 19.3 Å². The molecule has 5 unspecified atom stereocenters. The van der Waals surface area contributed by atoms with Crippen LogP contribution in [0.15, 0.2) is 182 Å². The van der Waals surface area contributed by atoms with Gasteiger partial charge in [-0.15, -0.1) is 0 Å². The summed E-state index contributed by atoms with van der Waals surface area (Å²) in [6.45, 7) is 2.37. The second-order valence-electron chi connectivity index (χ2n) is 28.2. The van der Waals surface area contributed by atoms with Crippen LogP contribution in [0.4, 0.5) is 0 Å². The number of rotatable bonds is 80. The van der Waals surface area contributed by atoms with Crippen molar-refractivity contribution in [1.82, 2.24) is 0 Å². The average Bonchev–Trinajstić information content (AvgIpc) is 0.898. The van der Waals surface area contributed by atoms with Gasteiger partial charge < -0.3 is 34.2 Å². The van der Waals surface area contributed by atoms with Gasteiger partial charge in [-0.2, -0.15) is 0 Å². The first kappa shape index (κ1) is 106. The number of phosphoric acid groups is 2. The summed E-state index contributed by atoms with van der Waals surface area (Å²) in [7, 11) is -9.83. The van der Waals surface area contributed by atoms with Crippen molar-refractivity contribution in [3.8, 4) is 0 Å². The van der Waals surface area contributed by atoms with Crippen molar-refractivity contribution >= 4 is 33.6 Å². The maximum atomic E-state index is 13.0. The van der Waals surface area contributed by atoms with Crippen molar-refractivity contribution < 1.29 is 75.8 Å². The Hall–Kier alpha value is -5.35. The molecule has 632 valence electrons. The standard InChI is InChI=1S/C93H154O16P2/c1-4-7-10-13-16-19-22-25-28-31-34-37-39-40-41-42-43-44-45-46-48-51-52-55-58-61-64-67-70-73-76-79-91(96)103-82-88(94)83-105-110(99,100)106-84-89(95)85-107-111(101,102)108-87-90(109-93(98)81-78-75-72-69-66-63-60-57-54-49-36-33-30-27-24-21-18-15-12-9-6-3)86-104-92(97)80-77-74-71-68-65-62-59-56-53-50-47-38-35-32-29-26-23-20-17-14-11-8-5-2/h8-9,11-12,16-21,25-30,34-38,40-41,49-50,53,57,60,66,69,88-90,94-95H,4-7,10,13-15,22-24,31-33,39,42-48,51-52,54-56,58-59,61-65,67-68,70-87H2,1-3H3,(H,99,100)(H,101,102)/b11-8-,12-9-,19-16-,20-17-,21-18-,28-25-,29-26-,30-27-,37-34-,38-35-,41-40-,49-36-,53-50-,60-57-,69-66-. The van der Waals surface area contributed by atoms with E-state index in [2.05, 4.69) is 203 Å². The average molecular weight is 1590 g/mol. The maximum absolute atomic E-state index is 13.0. The molecule has 0 spiro atoms. The molecule has 0 radical (unpaired) electrons. The molecule has 0 aromatic carbocycles. The van der Waals surface area contributed by atoms with Crippen LogP contribution < -0.4 is 0 Å². The van der Waals surface area contributed by atoms with Gasteiger partial charge in [-0.3, -0.25) is 32.5 Å². The minimum atomic E-state index is -4.96. The molecule has 16 nitrogen and oxygen atoms in total. The molecule has 0 aliphatic carbocycles. The van der Waals surface area contributed by atoms with Crippen molar-refractivity contribution in [2.24, 2.45) is 0 Å². The van der Waals surface area contributed by atoms with Gasteiger partial charge in [0.1, 0.15) is 25.4 Å². The van der Waals surface area contributed by atoms with E-state index < -0.39 is 91.5 Å². The third-order valence-electron chi connectivity index (χ3n) is 17.6. The van der Waals surface area contributed by atoms with Gasteiger partial charge in [-0.05, 0) is 161 Å². The van der Waals surface area contributed by atoms with Gasteiger partial charge in [-0.1, -0.05) is 331 Å². The number of hydrogen-bond acceptors (Lipinski definition) is 14. The minimum Gasteiger partial charge on any atom is -0.463 e. The third-order valence-corrected chi connectivity index (χ3v) is 19.5. The number of phosphoric ester groups is 2. The normalized spacial score (nSPS) is 14.8.